The van der Waals surface area contributed by atoms with Crippen LogP contribution in [0.25, 0.3) is 0 Å². The molecule has 156 valence electrons. The van der Waals surface area contributed by atoms with Gasteiger partial charge in [-0.2, -0.15) is 8.42 Å². The maximum atomic E-state index is 12.2. The number of likely N-dealkylation sites (N-methyl/N-ethyl adjacent to an activating group) is 1. The third-order valence-electron chi connectivity index (χ3n) is 3.40. The first kappa shape index (κ1) is 23.8. The number of esters is 2. The molecule has 0 bridgehead atoms. The Balaban J connectivity index is 2.79. The van der Waals surface area contributed by atoms with Gasteiger partial charge in [-0.05, 0) is 19.2 Å². The highest BCUT2D eigenvalue weighted by Crippen LogP contribution is 2.17. The van der Waals surface area contributed by atoms with E-state index in [1.165, 1.54) is 26.4 Å². The van der Waals surface area contributed by atoms with Gasteiger partial charge in [0.05, 0.1) is 30.6 Å². The first-order chi connectivity index (χ1) is 13.1. The highest BCUT2D eigenvalue weighted by molar-refractivity contribution is 7.99. The summed E-state index contributed by atoms with van der Waals surface area (Å²) in [5.74, 6) is -2.90. The molecule has 0 saturated carbocycles. The number of thioether (sulfide) groups is 1. The number of hydrogen-bond donors (Lipinski definition) is 3. The van der Waals surface area contributed by atoms with Gasteiger partial charge in [-0.3, -0.25) is 9.35 Å². The van der Waals surface area contributed by atoms with E-state index >= 15 is 0 Å². The highest BCUT2D eigenvalue weighted by atomic mass is 32.2. The van der Waals surface area contributed by atoms with Crippen molar-refractivity contribution in [3.63, 3.8) is 0 Å². The van der Waals surface area contributed by atoms with Crippen LogP contribution >= 0.6 is 11.8 Å². The molecule has 1 aromatic heterocycles. The van der Waals surface area contributed by atoms with Crippen LogP contribution in [-0.2, 0) is 29.2 Å². The van der Waals surface area contributed by atoms with E-state index in [0.717, 1.165) is 18.9 Å². The van der Waals surface area contributed by atoms with Crippen LogP contribution in [0, 0.1) is 0 Å². The standard InChI is InChI=1S/C15H21N3O8S2/c1-16-11(8-28(22,23)24)13(19)18-10(15(21)26-3)7-27-12-5-4-9(6-17-12)14(20)25-2/h4-6,10-11,16H,7-8H2,1-3H3,(H,18,19)(H,22,23,24)/t10-,11?/m0/s1. The fraction of sp³-hybridized carbons (Fsp3) is 0.467. The zero-order valence-corrected chi connectivity index (χ0v) is 17.0. The average Bonchev–Trinajstić information content (AvgIpc) is 2.67. The predicted molar refractivity (Wildman–Crippen MR) is 99.5 cm³/mol. The van der Waals surface area contributed by atoms with Gasteiger partial charge in [0.2, 0.25) is 5.91 Å². The second-order valence-corrected chi connectivity index (χ2v) is 7.90. The first-order valence-corrected chi connectivity index (χ1v) is 10.4. The number of hydrogen-bond acceptors (Lipinski definition) is 10. The fourth-order valence-electron chi connectivity index (χ4n) is 1.96. The molecule has 0 aliphatic carbocycles. The molecule has 0 spiro atoms. The second-order valence-electron chi connectivity index (χ2n) is 5.36. The summed E-state index contributed by atoms with van der Waals surface area (Å²) in [6.45, 7) is 0. The van der Waals surface area contributed by atoms with Crippen molar-refractivity contribution in [3.8, 4) is 0 Å². The molecule has 1 heterocycles. The lowest BCUT2D eigenvalue weighted by Gasteiger charge is -2.20. The molecule has 0 aliphatic rings. The minimum absolute atomic E-state index is 0.0330. The third-order valence-corrected chi connectivity index (χ3v) is 5.19. The van der Waals surface area contributed by atoms with Gasteiger partial charge in [-0.1, -0.05) is 0 Å². The largest absolute Gasteiger partial charge is 0.467 e. The van der Waals surface area contributed by atoms with Crippen molar-refractivity contribution in [2.45, 2.75) is 17.1 Å². The van der Waals surface area contributed by atoms with Crippen LogP contribution in [0.15, 0.2) is 23.4 Å². The molecule has 11 nitrogen and oxygen atoms in total. The molecule has 2 atom stereocenters. The molecule has 0 fully saturated rings. The van der Waals surface area contributed by atoms with E-state index in [-0.39, 0.29) is 11.3 Å². The summed E-state index contributed by atoms with van der Waals surface area (Å²) in [6.07, 6.45) is 1.31. The van der Waals surface area contributed by atoms with Crippen LogP contribution < -0.4 is 10.6 Å². The zero-order chi connectivity index (χ0) is 21.3. The van der Waals surface area contributed by atoms with Gasteiger partial charge in [-0.15, -0.1) is 11.8 Å². The number of carbonyl (C=O) groups excluding carboxylic acids is 3. The Morgan fingerprint density at radius 2 is 1.89 bits per heavy atom. The van der Waals surface area contributed by atoms with Crippen LogP contribution in [0.1, 0.15) is 10.4 Å². The van der Waals surface area contributed by atoms with Gasteiger partial charge >= 0.3 is 11.9 Å². The van der Waals surface area contributed by atoms with Crippen LogP contribution in [0.4, 0.5) is 0 Å². The molecule has 1 amide bonds. The Kier molecular flexibility index (Phi) is 9.31. The zero-order valence-electron chi connectivity index (χ0n) is 15.4. The van der Waals surface area contributed by atoms with E-state index in [2.05, 4.69) is 25.1 Å². The van der Waals surface area contributed by atoms with Crippen LogP contribution in [-0.4, -0.2) is 80.7 Å². The van der Waals surface area contributed by atoms with Crippen molar-refractivity contribution in [1.82, 2.24) is 15.6 Å². The number of aromatic nitrogens is 1. The number of methoxy groups -OCH3 is 2. The van der Waals surface area contributed by atoms with Crippen molar-refractivity contribution >= 4 is 39.7 Å². The average molecular weight is 435 g/mol. The molecule has 1 aromatic rings. The minimum atomic E-state index is -4.40. The fourth-order valence-corrected chi connectivity index (χ4v) is 3.54. The number of pyridine rings is 1. The molecule has 13 heteroatoms. The van der Waals surface area contributed by atoms with Crippen molar-refractivity contribution in [3.05, 3.63) is 23.9 Å². The normalized spacial score (nSPS) is 13.3. The number of nitrogens with one attached hydrogen (secondary N) is 2. The smallest absolute Gasteiger partial charge is 0.339 e. The maximum Gasteiger partial charge on any atom is 0.339 e. The van der Waals surface area contributed by atoms with Gasteiger partial charge in [0, 0.05) is 11.9 Å². The van der Waals surface area contributed by atoms with E-state index in [1.54, 1.807) is 6.07 Å². The summed E-state index contributed by atoms with van der Waals surface area (Å²) in [6, 6.07) is 0.684. The molecule has 28 heavy (non-hydrogen) atoms. The number of rotatable bonds is 10. The number of carbonyl (C=O) groups is 3. The molecular formula is C15H21N3O8S2. The summed E-state index contributed by atoms with van der Waals surface area (Å²) in [5.41, 5.74) is 0.256. The van der Waals surface area contributed by atoms with Crippen LogP contribution in [0.3, 0.4) is 0 Å². The summed E-state index contributed by atoms with van der Waals surface area (Å²) in [7, 11) is -0.679. The Labute approximate surface area is 166 Å². The first-order valence-electron chi connectivity index (χ1n) is 7.79. The van der Waals surface area contributed by atoms with E-state index in [1.807, 2.05) is 0 Å². The van der Waals surface area contributed by atoms with Gasteiger partial charge < -0.3 is 20.1 Å². The van der Waals surface area contributed by atoms with E-state index in [9.17, 15) is 22.8 Å². The lowest BCUT2D eigenvalue weighted by Crippen LogP contribution is -2.52. The number of ether oxygens (including phenoxy) is 2. The van der Waals surface area contributed by atoms with Gasteiger partial charge in [0.25, 0.3) is 10.1 Å². The lowest BCUT2D eigenvalue weighted by atomic mass is 10.2. The predicted octanol–water partition coefficient (Wildman–Crippen LogP) is -0.906. The molecule has 0 radical (unpaired) electrons. The monoisotopic (exact) mass is 435 g/mol. The molecule has 1 unspecified atom stereocenters. The van der Waals surface area contributed by atoms with Crippen LogP contribution in [0.2, 0.25) is 0 Å². The molecule has 0 saturated heterocycles. The summed E-state index contributed by atoms with van der Waals surface area (Å²) in [5, 5.41) is 5.30. The van der Waals surface area contributed by atoms with Gasteiger partial charge in [0.1, 0.15) is 12.1 Å². The Hall–Kier alpha value is -2.22. The molecular weight excluding hydrogens is 414 g/mol. The van der Waals surface area contributed by atoms with Crippen molar-refractivity contribution in [2.24, 2.45) is 0 Å². The molecule has 3 N–H and O–H groups in total. The van der Waals surface area contributed by atoms with E-state index < -0.39 is 45.8 Å². The highest BCUT2D eigenvalue weighted by Gasteiger charge is 2.28. The molecule has 0 aliphatic heterocycles. The van der Waals surface area contributed by atoms with Crippen molar-refractivity contribution in [2.75, 3.05) is 32.8 Å². The van der Waals surface area contributed by atoms with Crippen LogP contribution in [0.5, 0.6) is 0 Å². The Bertz CT molecular complexity index is 798. The van der Waals surface area contributed by atoms with E-state index in [0.29, 0.717) is 5.03 Å². The third kappa shape index (κ3) is 7.80. The molecule has 0 aromatic carbocycles. The maximum absolute atomic E-state index is 12.2. The summed E-state index contributed by atoms with van der Waals surface area (Å²) >= 11 is 1.11. The second kappa shape index (κ2) is 10.9. The lowest BCUT2D eigenvalue weighted by molar-refractivity contribution is -0.144. The summed E-state index contributed by atoms with van der Waals surface area (Å²) in [4.78, 5) is 39.6. The SMILES string of the molecule is CNC(CS(=O)(=O)O)C(=O)N[C@@H](CSc1ccc(C(=O)OC)cn1)C(=O)OC. The minimum Gasteiger partial charge on any atom is -0.467 e. The van der Waals surface area contributed by atoms with Gasteiger partial charge in [0.15, 0.2) is 0 Å². The quantitative estimate of drug-likeness (QED) is 0.237. The Morgan fingerprint density at radius 3 is 2.36 bits per heavy atom. The van der Waals surface area contributed by atoms with Crippen molar-refractivity contribution in [1.29, 1.82) is 0 Å². The number of amides is 1. The van der Waals surface area contributed by atoms with Gasteiger partial charge in [-0.25, -0.2) is 14.6 Å². The van der Waals surface area contributed by atoms with Crippen molar-refractivity contribution < 1.29 is 36.8 Å². The summed E-state index contributed by atoms with van der Waals surface area (Å²) < 4.78 is 40.1. The topological polar surface area (TPSA) is 161 Å². The van der Waals surface area contributed by atoms with E-state index in [4.69, 9.17) is 4.55 Å². The Morgan fingerprint density at radius 1 is 1.21 bits per heavy atom. The number of nitrogens with zero attached hydrogens (tertiary/aromatic N) is 1. The molecule has 1 rings (SSSR count).